The molecule has 11 nitrogen and oxygen atoms in total. The van der Waals surface area contributed by atoms with Gasteiger partial charge in [0.25, 0.3) is 0 Å². The van der Waals surface area contributed by atoms with Gasteiger partial charge in [0.2, 0.25) is 12.3 Å². The number of amides is 3. The van der Waals surface area contributed by atoms with Gasteiger partial charge in [0.05, 0.1) is 12.6 Å². The van der Waals surface area contributed by atoms with Crippen molar-refractivity contribution in [3.05, 3.63) is 60.2 Å². The number of piperidine rings is 1. The summed E-state index contributed by atoms with van der Waals surface area (Å²) in [6.45, 7) is 1.75. The third-order valence-electron chi connectivity index (χ3n) is 7.36. The molecule has 0 bridgehead atoms. The molecule has 2 saturated heterocycles. The molecule has 2 aromatic rings. The Morgan fingerprint density at radius 3 is 2.71 bits per heavy atom. The number of β-lactam (4-membered cyclic amide) rings is 1. The molecule has 3 amide bonds. The van der Waals surface area contributed by atoms with Gasteiger partial charge in [0.1, 0.15) is 30.6 Å². The Morgan fingerprint density at radius 2 is 2.09 bits per heavy atom. The van der Waals surface area contributed by atoms with Crippen LogP contribution in [0, 0.1) is 11.3 Å². The van der Waals surface area contributed by atoms with E-state index in [9.17, 15) is 19.2 Å². The number of carbonyl (C=O) groups excluding carboxylic acids is 4. The van der Waals surface area contributed by atoms with E-state index >= 15 is 0 Å². The fourth-order valence-corrected chi connectivity index (χ4v) is 6.08. The molecule has 1 aromatic heterocycles. The van der Waals surface area contributed by atoms with E-state index < -0.39 is 23.1 Å². The molecule has 1 spiro atoms. The number of hydrogen-bond donors (Lipinski definition) is 0. The van der Waals surface area contributed by atoms with Gasteiger partial charge in [-0.05, 0) is 18.6 Å². The molecular weight excluding hydrogens is 442 g/mol. The largest absolute Gasteiger partial charge is 0.447 e. The Balaban J connectivity index is 1.21. The summed E-state index contributed by atoms with van der Waals surface area (Å²) < 4.78 is 5.22. The molecule has 2 aliphatic heterocycles. The lowest BCUT2D eigenvalue weighted by molar-refractivity contribution is -0.202. The molecule has 3 heterocycles. The number of cyclic esters (lactones) is 1. The predicted octanol–water partition coefficient (Wildman–Crippen LogP) is 0.686. The molecule has 174 valence electrons. The molecule has 1 unspecified atom stereocenters. The van der Waals surface area contributed by atoms with Crippen LogP contribution in [0.15, 0.2) is 48.9 Å². The van der Waals surface area contributed by atoms with Crippen LogP contribution in [-0.4, -0.2) is 74.1 Å². The maximum atomic E-state index is 13.3. The summed E-state index contributed by atoms with van der Waals surface area (Å²) in [6.07, 6.45) is 2.95. The van der Waals surface area contributed by atoms with Gasteiger partial charge in [0.15, 0.2) is 0 Å². The van der Waals surface area contributed by atoms with Crippen molar-refractivity contribution in [2.24, 2.45) is 11.3 Å². The Morgan fingerprint density at radius 1 is 1.29 bits per heavy atom. The second-order valence-corrected chi connectivity index (χ2v) is 9.00. The van der Waals surface area contributed by atoms with Crippen LogP contribution in [0.5, 0.6) is 0 Å². The molecule has 4 fully saturated rings. The van der Waals surface area contributed by atoms with Crippen molar-refractivity contribution >= 4 is 24.4 Å². The quantitative estimate of drug-likeness (QED) is 0.318. The highest BCUT2D eigenvalue weighted by atomic mass is 16.7. The smallest absolute Gasteiger partial charge is 0.412 e. The molecule has 4 aliphatic rings. The molecule has 34 heavy (non-hydrogen) atoms. The number of fused-ring (bicyclic) bond motifs is 1. The maximum Gasteiger partial charge on any atom is 0.412 e. The van der Waals surface area contributed by atoms with Crippen LogP contribution in [-0.2, 0) is 30.5 Å². The van der Waals surface area contributed by atoms with Gasteiger partial charge >= 0.3 is 12.1 Å². The second kappa shape index (κ2) is 6.99. The van der Waals surface area contributed by atoms with Crippen LogP contribution in [0.1, 0.15) is 24.1 Å². The number of hydroxylamine groups is 2. The maximum absolute atomic E-state index is 13.3. The van der Waals surface area contributed by atoms with Crippen LogP contribution in [0.4, 0.5) is 4.79 Å². The zero-order valence-corrected chi connectivity index (χ0v) is 18.2. The summed E-state index contributed by atoms with van der Waals surface area (Å²) in [4.78, 5) is 66.5. The lowest BCUT2D eigenvalue weighted by Gasteiger charge is -2.53. The molecule has 0 radical (unpaired) electrons. The van der Waals surface area contributed by atoms with E-state index in [4.69, 9.17) is 9.57 Å². The van der Waals surface area contributed by atoms with E-state index in [2.05, 4.69) is 9.97 Å². The van der Waals surface area contributed by atoms with Crippen molar-refractivity contribution in [2.45, 2.75) is 31.1 Å². The molecule has 11 heteroatoms. The highest BCUT2D eigenvalue weighted by Crippen LogP contribution is 2.97. The van der Waals surface area contributed by atoms with E-state index in [1.54, 1.807) is 29.3 Å². The van der Waals surface area contributed by atoms with Gasteiger partial charge in [-0.3, -0.25) is 14.5 Å². The number of ether oxygens (including phenoxy) is 1. The number of rotatable bonds is 8. The lowest BCUT2D eigenvalue weighted by atomic mass is 9.82. The molecule has 5 atom stereocenters. The van der Waals surface area contributed by atoms with E-state index in [-0.39, 0.29) is 43.5 Å². The van der Waals surface area contributed by atoms with E-state index in [0.29, 0.717) is 6.41 Å². The number of hydrogen-bond acceptors (Lipinski definition) is 8. The van der Waals surface area contributed by atoms with Crippen molar-refractivity contribution in [1.29, 1.82) is 0 Å². The molecule has 2 saturated carbocycles. The first-order chi connectivity index (χ1) is 16.5. The lowest BCUT2D eigenvalue weighted by Crippen LogP contribution is -2.73. The Labute approximate surface area is 194 Å². The van der Waals surface area contributed by atoms with Crippen molar-refractivity contribution in [1.82, 2.24) is 24.8 Å². The van der Waals surface area contributed by atoms with Crippen molar-refractivity contribution in [3.63, 3.8) is 0 Å². The van der Waals surface area contributed by atoms with Crippen LogP contribution in [0.3, 0.4) is 0 Å². The summed E-state index contributed by atoms with van der Waals surface area (Å²) in [7, 11) is 0. The van der Waals surface area contributed by atoms with Gasteiger partial charge in [-0.15, -0.1) is 0 Å². The molecule has 1 aromatic carbocycles. The summed E-state index contributed by atoms with van der Waals surface area (Å²) in [5, 5.41) is 0.883. The number of aromatic nitrogens is 2. The molecular formula is C23H21N5O6. The Hall–Kier alpha value is -4.02. The van der Waals surface area contributed by atoms with Gasteiger partial charge < -0.3 is 14.5 Å². The summed E-state index contributed by atoms with van der Waals surface area (Å²) >= 11 is 0. The average molecular weight is 463 g/mol. The zero-order valence-electron chi connectivity index (χ0n) is 18.2. The third kappa shape index (κ3) is 2.41. The van der Waals surface area contributed by atoms with E-state index in [1.165, 1.54) is 11.2 Å². The summed E-state index contributed by atoms with van der Waals surface area (Å²) in [6, 6.07) is 10.6. The minimum absolute atomic E-state index is 0.0764. The normalized spacial score (nSPS) is 32.2. The average Bonchev–Trinajstić information content (AvgIpc) is 3.66. The minimum Gasteiger partial charge on any atom is -0.447 e. The summed E-state index contributed by atoms with van der Waals surface area (Å²) in [5.41, 5.74) is -0.214. The van der Waals surface area contributed by atoms with Crippen LogP contribution < -0.4 is 0 Å². The predicted molar refractivity (Wildman–Crippen MR) is 112 cm³/mol. The summed E-state index contributed by atoms with van der Waals surface area (Å²) in [5.74, 6) is -1.32. The topological polar surface area (TPSA) is 122 Å². The number of benzene rings is 1. The van der Waals surface area contributed by atoms with Crippen molar-refractivity contribution < 1.29 is 28.8 Å². The van der Waals surface area contributed by atoms with Gasteiger partial charge in [-0.25, -0.2) is 19.6 Å². The zero-order chi connectivity index (χ0) is 23.7. The van der Waals surface area contributed by atoms with Gasteiger partial charge in [-0.1, -0.05) is 30.3 Å². The van der Waals surface area contributed by atoms with Crippen LogP contribution >= 0.6 is 0 Å². The van der Waals surface area contributed by atoms with Crippen molar-refractivity contribution in [2.75, 3.05) is 13.2 Å². The molecule has 2 aliphatic carbocycles. The van der Waals surface area contributed by atoms with Crippen LogP contribution in [0.2, 0.25) is 0 Å². The monoisotopic (exact) mass is 463 g/mol. The SMILES string of the molecule is C[C@H]1COC(=O)N1[C@@]12[C@H]3C(c4ccncn4)[C@@]31C(=O)N2CC(=O)ON(C=O)Cc1ccccc1. The fraction of sp³-hybridized carbons (Fsp3) is 0.391. The van der Waals surface area contributed by atoms with Crippen molar-refractivity contribution in [3.8, 4) is 0 Å². The first kappa shape index (κ1) is 20.6. The second-order valence-electron chi connectivity index (χ2n) is 9.00. The molecule has 6 rings (SSSR count). The third-order valence-corrected chi connectivity index (χ3v) is 7.36. The highest BCUT2D eigenvalue weighted by molar-refractivity contribution is 6.08. The van der Waals surface area contributed by atoms with E-state index in [0.717, 1.165) is 16.3 Å². The standard InChI is InChI=1S/C23H21N5O6/c1-14-11-33-21(32)28(14)23-19-18(16-7-8-24-12-25-16)22(19,23)20(31)27(23)10-17(30)34-26(13-29)9-15-5-3-2-4-6-15/h2-8,12-14,18-19H,9-11H2,1H3/t14-,18?,19-,22-,23-/m0/s1. The number of nitrogens with zero attached hydrogens (tertiary/aromatic N) is 5. The minimum atomic E-state index is -0.933. The van der Waals surface area contributed by atoms with Gasteiger partial charge in [0, 0.05) is 23.7 Å². The Kier molecular flexibility index (Phi) is 4.23. The fourth-order valence-electron chi connectivity index (χ4n) is 6.08. The number of carbonyl (C=O) groups is 4. The van der Waals surface area contributed by atoms with Gasteiger partial charge in [-0.2, -0.15) is 5.06 Å². The Bertz CT molecular complexity index is 1190. The molecule has 0 N–H and O–H groups in total. The van der Waals surface area contributed by atoms with Crippen LogP contribution in [0.25, 0.3) is 0 Å². The number of likely N-dealkylation sites (tertiary alicyclic amines) is 1. The first-order valence-corrected chi connectivity index (χ1v) is 11.0. The van der Waals surface area contributed by atoms with E-state index in [1.807, 2.05) is 25.1 Å². The highest BCUT2D eigenvalue weighted by Gasteiger charge is 3.11. The first-order valence-electron chi connectivity index (χ1n) is 11.0.